The molecular weight excluding hydrogens is 285 g/mol. The molecule has 1 aromatic heterocycles. The Labute approximate surface area is 129 Å². The number of amides is 1. The van der Waals surface area contributed by atoms with Gasteiger partial charge in [0, 0.05) is 12.7 Å². The number of nitrogens with one attached hydrogen (secondary N) is 1. The third kappa shape index (κ3) is 4.07. The average molecular weight is 305 g/mol. The number of para-hydroxylation sites is 1. The molecule has 0 aliphatic rings. The maximum absolute atomic E-state index is 13.3. The van der Waals surface area contributed by atoms with Crippen molar-refractivity contribution >= 4 is 5.91 Å². The molecule has 5 nitrogen and oxygen atoms in total. The first kappa shape index (κ1) is 16.0. The van der Waals surface area contributed by atoms with Gasteiger partial charge in [0.2, 0.25) is 0 Å². The van der Waals surface area contributed by atoms with Gasteiger partial charge in [0.25, 0.3) is 5.91 Å². The van der Waals surface area contributed by atoms with Gasteiger partial charge in [-0.25, -0.2) is 4.39 Å². The summed E-state index contributed by atoms with van der Waals surface area (Å²) in [5, 5.41) is 7.03. The SMILES string of the molecule is CCCn1cc(C(=O)NCCOc2ccccc2F)c(C)n1. The van der Waals surface area contributed by atoms with Crippen LogP contribution in [0, 0.1) is 12.7 Å². The zero-order chi connectivity index (χ0) is 15.9. The van der Waals surface area contributed by atoms with Crippen LogP contribution < -0.4 is 10.1 Å². The van der Waals surface area contributed by atoms with E-state index in [1.807, 2.05) is 0 Å². The lowest BCUT2D eigenvalue weighted by Crippen LogP contribution is -2.28. The summed E-state index contributed by atoms with van der Waals surface area (Å²) in [6.07, 6.45) is 2.70. The van der Waals surface area contributed by atoms with E-state index in [0.717, 1.165) is 13.0 Å². The molecule has 0 bridgehead atoms. The first-order valence-electron chi connectivity index (χ1n) is 7.31. The number of ether oxygens (including phenoxy) is 1. The fourth-order valence-electron chi connectivity index (χ4n) is 2.07. The number of nitrogens with zero attached hydrogens (tertiary/aromatic N) is 2. The Balaban J connectivity index is 1.82. The van der Waals surface area contributed by atoms with Crippen LogP contribution in [0.5, 0.6) is 5.75 Å². The molecule has 22 heavy (non-hydrogen) atoms. The molecule has 0 unspecified atom stereocenters. The van der Waals surface area contributed by atoms with E-state index < -0.39 is 5.82 Å². The number of aromatic nitrogens is 2. The van der Waals surface area contributed by atoms with Crippen molar-refractivity contribution in [3.05, 3.63) is 47.5 Å². The highest BCUT2D eigenvalue weighted by molar-refractivity contribution is 5.94. The summed E-state index contributed by atoms with van der Waals surface area (Å²) in [5.41, 5.74) is 1.25. The first-order chi connectivity index (χ1) is 10.6. The minimum absolute atomic E-state index is 0.184. The summed E-state index contributed by atoms with van der Waals surface area (Å²) < 4.78 is 20.4. The standard InChI is InChI=1S/C16H20FN3O2/c1-3-9-20-11-13(12(2)19-20)16(21)18-8-10-22-15-7-5-4-6-14(15)17/h4-7,11H,3,8-10H2,1-2H3,(H,18,21). The van der Waals surface area contributed by atoms with Crippen molar-refractivity contribution in [3.8, 4) is 5.75 Å². The fourth-order valence-corrected chi connectivity index (χ4v) is 2.07. The minimum atomic E-state index is -0.412. The van der Waals surface area contributed by atoms with E-state index in [9.17, 15) is 9.18 Å². The van der Waals surface area contributed by atoms with Gasteiger partial charge < -0.3 is 10.1 Å². The van der Waals surface area contributed by atoms with E-state index in [-0.39, 0.29) is 18.3 Å². The molecule has 0 aliphatic heterocycles. The second-order valence-electron chi connectivity index (χ2n) is 4.93. The Morgan fingerprint density at radius 3 is 2.91 bits per heavy atom. The maximum Gasteiger partial charge on any atom is 0.254 e. The molecule has 1 heterocycles. The number of rotatable bonds is 7. The van der Waals surface area contributed by atoms with Gasteiger partial charge in [-0.3, -0.25) is 9.48 Å². The van der Waals surface area contributed by atoms with Gasteiger partial charge in [0.1, 0.15) is 6.61 Å². The lowest BCUT2D eigenvalue weighted by Gasteiger charge is -2.08. The summed E-state index contributed by atoms with van der Waals surface area (Å²) in [6.45, 7) is 5.14. The molecule has 2 aromatic rings. The predicted molar refractivity (Wildman–Crippen MR) is 81.5 cm³/mol. The highest BCUT2D eigenvalue weighted by Gasteiger charge is 2.12. The second kappa shape index (κ2) is 7.59. The van der Waals surface area contributed by atoms with Crippen LogP contribution in [-0.4, -0.2) is 28.8 Å². The summed E-state index contributed by atoms with van der Waals surface area (Å²) in [5.74, 6) is -0.425. The Hall–Kier alpha value is -2.37. The highest BCUT2D eigenvalue weighted by Crippen LogP contribution is 2.14. The van der Waals surface area contributed by atoms with Crippen LogP contribution in [0.1, 0.15) is 29.4 Å². The summed E-state index contributed by atoms with van der Waals surface area (Å²) >= 11 is 0. The Morgan fingerprint density at radius 1 is 1.41 bits per heavy atom. The van der Waals surface area contributed by atoms with Crippen LogP contribution in [0.3, 0.4) is 0 Å². The van der Waals surface area contributed by atoms with Crippen molar-refractivity contribution in [1.29, 1.82) is 0 Å². The number of aryl methyl sites for hydroxylation is 2. The second-order valence-corrected chi connectivity index (χ2v) is 4.93. The van der Waals surface area contributed by atoms with E-state index in [0.29, 0.717) is 17.8 Å². The van der Waals surface area contributed by atoms with Gasteiger partial charge >= 0.3 is 0 Å². The van der Waals surface area contributed by atoms with Crippen molar-refractivity contribution in [2.24, 2.45) is 0 Å². The zero-order valence-corrected chi connectivity index (χ0v) is 12.8. The van der Waals surface area contributed by atoms with E-state index >= 15 is 0 Å². The molecular formula is C16H20FN3O2. The van der Waals surface area contributed by atoms with Crippen molar-refractivity contribution in [2.75, 3.05) is 13.2 Å². The molecule has 0 saturated heterocycles. The average Bonchev–Trinajstić information content (AvgIpc) is 2.86. The van der Waals surface area contributed by atoms with Crippen molar-refractivity contribution in [1.82, 2.24) is 15.1 Å². The molecule has 0 aliphatic carbocycles. The van der Waals surface area contributed by atoms with Crippen molar-refractivity contribution < 1.29 is 13.9 Å². The number of carbonyl (C=O) groups excluding carboxylic acids is 1. The summed E-state index contributed by atoms with van der Waals surface area (Å²) in [4.78, 5) is 12.1. The van der Waals surface area contributed by atoms with Crippen LogP contribution in [0.15, 0.2) is 30.5 Å². The topological polar surface area (TPSA) is 56.2 Å². The molecule has 0 atom stereocenters. The maximum atomic E-state index is 13.3. The van der Waals surface area contributed by atoms with Crippen LogP contribution in [0.2, 0.25) is 0 Å². The fraction of sp³-hybridized carbons (Fsp3) is 0.375. The molecule has 2 rings (SSSR count). The Bertz CT molecular complexity index is 640. The van der Waals surface area contributed by atoms with Gasteiger partial charge in [-0.1, -0.05) is 19.1 Å². The Morgan fingerprint density at radius 2 is 2.18 bits per heavy atom. The molecule has 6 heteroatoms. The smallest absolute Gasteiger partial charge is 0.254 e. The van der Waals surface area contributed by atoms with Gasteiger partial charge in [-0.2, -0.15) is 5.10 Å². The number of hydrogen-bond acceptors (Lipinski definition) is 3. The van der Waals surface area contributed by atoms with E-state index in [1.54, 1.807) is 36.0 Å². The highest BCUT2D eigenvalue weighted by atomic mass is 19.1. The minimum Gasteiger partial charge on any atom is -0.489 e. The van der Waals surface area contributed by atoms with E-state index in [4.69, 9.17) is 4.74 Å². The molecule has 118 valence electrons. The third-order valence-electron chi connectivity index (χ3n) is 3.13. The molecule has 1 amide bonds. The molecule has 0 saturated carbocycles. The third-order valence-corrected chi connectivity index (χ3v) is 3.13. The van der Waals surface area contributed by atoms with Crippen LogP contribution in [-0.2, 0) is 6.54 Å². The van der Waals surface area contributed by atoms with Gasteiger partial charge in [0.15, 0.2) is 11.6 Å². The van der Waals surface area contributed by atoms with Gasteiger partial charge in [0.05, 0.1) is 17.8 Å². The normalized spacial score (nSPS) is 10.5. The number of carbonyl (C=O) groups is 1. The molecule has 0 fully saturated rings. The molecule has 1 N–H and O–H groups in total. The first-order valence-corrected chi connectivity index (χ1v) is 7.31. The summed E-state index contributed by atoms with van der Waals surface area (Å²) in [7, 11) is 0. The lowest BCUT2D eigenvalue weighted by atomic mass is 10.2. The molecule has 0 radical (unpaired) electrons. The zero-order valence-electron chi connectivity index (χ0n) is 12.8. The van der Waals surface area contributed by atoms with Crippen LogP contribution >= 0.6 is 0 Å². The van der Waals surface area contributed by atoms with Crippen LogP contribution in [0.4, 0.5) is 4.39 Å². The number of benzene rings is 1. The monoisotopic (exact) mass is 305 g/mol. The van der Waals surface area contributed by atoms with Crippen LogP contribution in [0.25, 0.3) is 0 Å². The quantitative estimate of drug-likeness (QED) is 0.800. The largest absolute Gasteiger partial charge is 0.489 e. The number of halogens is 1. The Kier molecular flexibility index (Phi) is 5.52. The predicted octanol–water partition coefficient (Wildman–Crippen LogP) is 2.55. The summed E-state index contributed by atoms with van der Waals surface area (Å²) in [6, 6.07) is 6.18. The van der Waals surface area contributed by atoms with E-state index in [1.165, 1.54) is 6.07 Å². The molecule has 1 aromatic carbocycles. The molecule has 0 spiro atoms. The number of hydrogen-bond donors (Lipinski definition) is 1. The van der Waals surface area contributed by atoms with Crippen molar-refractivity contribution in [3.63, 3.8) is 0 Å². The van der Waals surface area contributed by atoms with E-state index in [2.05, 4.69) is 17.3 Å². The van der Waals surface area contributed by atoms with Gasteiger partial charge in [-0.15, -0.1) is 0 Å². The van der Waals surface area contributed by atoms with Gasteiger partial charge in [-0.05, 0) is 25.5 Å². The lowest BCUT2D eigenvalue weighted by molar-refractivity contribution is 0.0946. The van der Waals surface area contributed by atoms with Crippen molar-refractivity contribution in [2.45, 2.75) is 26.8 Å².